The minimum Gasteiger partial charge on any atom is -0.443 e. The van der Waals surface area contributed by atoms with Gasteiger partial charge in [0.1, 0.15) is 5.60 Å². The van der Waals surface area contributed by atoms with Gasteiger partial charge in [0.25, 0.3) is 20.2 Å². The Morgan fingerprint density at radius 1 is 0.806 bits per heavy atom. The molecule has 0 radical (unpaired) electrons. The first-order valence-corrected chi connectivity index (χ1v) is 14.7. The summed E-state index contributed by atoms with van der Waals surface area (Å²) in [5.41, 5.74) is 0.299. The maximum Gasteiger partial charge on any atom is 0.414 e. The van der Waals surface area contributed by atoms with Crippen LogP contribution in [0, 0.1) is 0 Å². The van der Waals surface area contributed by atoms with Gasteiger partial charge in [0.2, 0.25) is 0 Å². The fourth-order valence-corrected chi connectivity index (χ4v) is 3.38. The van der Waals surface area contributed by atoms with Gasteiger partial charge in [0.05, 0.1) is 65.3 Å². The normalized spacial score (nSPS) is 12.5. The molecule has 0 aliphatic carbocycles. The Balaban J connectivity index is 3.14. The van der Waals surface area contributed by atoms with Crippen LogP contribution < -0.4 is 4.90 Å². The topological polar surface area (TPSA) is 144 Å². The van der Waals surface area contributed by atoms with Crippen molar-refractivity contribution in [3.05, 3.63) is 29.3 Å². The number of hydrogen-bond acceptors (Lipinski definition) is 11. The number of amides is 1. The number of rotatable bonds is 16. The molecule has 1 amide bonds. The van der Waals surface area contributed by atoms with Crippen LogP contribution in [0.2, 0.25) is 0 Å². The van der Waals surface area contributed by atoms with E-state index in [1.807, 2.05) is 0 Å². The van der Waals surface area contributed by atoms with E-state index in [2.05, 4.69) is 0 Å². The molecule has 0 N–H and O–H groups in total. The summed E-state index contributed by atoms with van der Waals surface area (Å²) in [6, 6.07) is 4.63. The number of carbonyl (C=O) groups is 1. The first-order valence-electron chi connectivity index (χ1n) is 11.1. The van der Waals surface area contributed by atoms with E-state index in [0.717, 1.165) is 12.5 Å². The van der Waals surface area contributed by atoms with E-state index >= 15 is 0 Å². The van der Waals surface area contributed by atoms with Crippen molar-refractivity contribution in [2.45, 2.75) is 39.6 Å². The fourth-order valence-electron chi connectivity index (χ4n) is 2.68. The molecule has 0 spiro atoms. The molecule has 0 aromatic heterocycles. The lowest BCUT2D eigenvalue weighted by molar-refractivity contribution is 0.0252. The first-order chi connectivity index (χ1) is 16.6. The summed E-state index contributed by atoms with van der Waals surface area (Å²) in [5.74, 6) is 0. The van der Waals surface area contributed by atoms with Gasteiger partial charge in [0.15, 0.2) is 0 Å². The van der Waals surface area contributed by atoms with Crippen molar-refractivity contribution < 1.29 is 48.9 Å². The van der Waals surface area contributed by atoms with E-state index in [1.165, 1.54) is 11.0 Å². The van der Waals surface area contributed by atoms with Crippen LogP contribution in [-0.2, 0) is 60.8 Å². The third-order valence-corrected chi connectivity index (χ3v) is 5.20. The molecular formula is C22H37NO11S2. The Morgan fingerprint density at radius 2 is 1.28 bits per heavy atom. The van der Waals surface area contributed by atoms with Crippen LogP contribution >= 0.6 is 0 Å². The summed E-state index contributed by atoms with van der Waals surface area (Å²) < 4.78 is 77.0. The summed E-state index contributed by atoms with van der Waals surface area (Å²) in [4.78, 5) is 14.3. The lowest BCUT2D eigenvalue weighted by Crippen LogP contribution is -2.39. The summed E-state index contributed by atoms with van der Waals surface area (Å²) in [7, 11) is -5.92. The molecule has 0 aliphatic rings. The predicted octanol–water partition coefficient (Wildman–Crippen LogP) is 2.06. The Labute approximate surface area is 214 Å². The molecule has 14 heteroatoms. The van der Waals surface area contributed by atoms with Gasteiger partial charge in [-0.2, -0.15) is 16.8 Å². The largest absolute Gasteiger partial charge is 0.443 e. The molecule has 0 bridgehead atoms. The molecule has 0 fully saturated rings. The molecule has 0 unspecified atom stereocenters. The van der Waals surface area contributed by atoms with Crippen LogP contribution in [-0.4, -0.2) is 87.7 Å². The molecule has 0 aliphatic heterocycles. The quantitative estimate of drug-likeness (QED) is 0.218. The van der Waals surface area contributed by atoms with E-state index in [-0.39, 0.29) is 26.4 Å². The van der Waals surface area contributed by atoms with Crippen LogP contribution in [0.4, 0.5) is 10.5 Å². The highest BCUT2D eigenvalue weighted by atomic mass is 32.2. The minimum atomic E-state index is -3.75. The Morgan fingerprint density at radius 3 is 1.72 bits per heavy atom. The molecule has 1 aromatic carbocycles. The predicted molar refractivity (Wildman–Crippen MR) is 133 cm³/mol. The Hall–Kier alpha value is -1.81. The smallest absolute Gasteiger partial charge is 0.414 e. The molecule has 0 saturated carbocycles. The van der Waals surface area contributed by atoms with Gasteiger partial charge in [-0.15, -0.1) is 0 Å². The van der Waals surface area contributed by atoms with Crippen LogP contribution in [0.5, 0.6) is 0 Å². The second-order valence-corrected chi connectivity index (χ2v) is 12.1. The maximum atomic E-state index is 13.0. The van der Waals surface area contributed by atoms with Gasteiger partial charge < -0.3 is 18.9 Å². The molecule has 0 saturated heterocycles. The zero-order valence-corrected chi connectivity index (χ0v) is 23.3. The van der Waals surface area contributed by atoms with Crippen LogP contribution in [0.3, 0.4) is 0 Å². The minimum absolute atomic E-state index is 0.0930. The average Bonchev–Trinajstić information content (AvgIpc) is 2.73. The van der Waals surface area contributed by atoms with Crippen molar-refractivity contribution in [3.8, 4) is 0 Å². The molecule has 12 nitrogen and oxygen atoms in total. The van der Waals surface area contributed by atoms with Crippen molar-refractivity contribution in [1.29, 1.82) is 0 Å². The number of ether oxygens (including phenoxy) is 4. The highest BCUT2D eigenvalue weighted by Gasteiger charge is 2.24. The average molecular weight is 556 g/mol. The van der Waals surface area contributed by atoms with E-state index in [4.69, 9.17) is 27.3 Å². The standard InChI is InChI=1S/C22H37NO11S2/c1-22(2,3)34-21(24)23(7-8-30-11-12-31-10-9-29-4)20-14-18(16-32-35(5,25)26)13-19(15-20)17-33-36(6,27)28/h13-15H,7-12,16-17H2,1-6H3. The van der Waals surface area contributed by atoms with Crippen molar-refractivity contribution in [3.63, 3.8) is 0 Å². The van der Waals surface area contributed by atoms with Crippen molar-refractivity contribution >= 4 is 32.0 Å². The summed E-state index contributed by atoms with van der Waals surface area (Å²) in [6.07, 6.45) is 1.15. The highest BCUT2D eigenvalue weighted by Crippen LogP contribution is 2.24. The summed E-state index contributed by atoms with van der Waals surface area (Å²) in [6.45, 7) is 6.30. The van der Waals surface area contributed by atoms with Crippen molar-refractivity contribution in [2.75, 3.05) is 64.1 Å². The van der Waals surface area contributed by atoms with Gasteiger partial charge in [-0.25, -0.2) is 4.79 Å². The lowest BCUT2D eigenvalue weighted by atomic mass is 10.1. The van der Waals surface area contributed by atoms with Gasteiger partial charge in [-0.3, -0.25) is 13.3 Å². The van der Waals surface area contributed by atoms with Crippen LogP contribution in [0.1, 0.15) is 31.9 Å². The van der Waals surface area contributed by atoms with Crippen molar-refractivity contribution in [2.24, 2.45) is 0 Å². The number of benzene rings is 1. The molecular weight excluding hydrogens is 518 g/mol. The first kappa shape index (κ1) is 32.2. The van der Waals surface area contributed by atoms with Crippen LogP contribution in [0.15, 0.2) is 18.2 Å². The molecule has 1 rings (SSSR count). The van der Waals surface area contributed by atoms with Crippen LogP contribution in [0.25, 0.3) is 0 Å². The maximum absolute atomic E-state index is 13.0. The van der Waals surface area contributed by atoms with E-state index < -0.39 is 31.9 Å². The van der Waals surface area contributed by atoms with E-state index in [9.17, 15) is 21.6 Å². The second-order valence-electron chi connectivity index (χ2n) is 8.79. The molecule has 36 heavy (non-hydrogen) atoms. The van der Waals surface area contributed by atoms with Gasteiger partial charge in [-0.1, -0.05) is 6.07 Å². The highest BCUT2D eigenvalue weighted by molar-refractivity contribution is 7.86. The molecule has 1 aromatic rings. The zero-order chi connectivity index (χ0) is 27.4. The monoisotopic (exact) mass is 555 g/mol. The molecule has 208 valence electrons. The number of nitrogens with zero attached hydrogens (tertiary/aromatic N) is 1. The van der Waals surface area contributed by atoms with Gasteiger partial charge >= 0.3 is 6.09 Å². The Kier molecular flexibility index (Phi) is 13.3. The van der Waals surface area contributed by atoms with Gasteiger partial charge in [-0.05, 0) is 44.0 Å². The molecule has 0 atom stereocenters. The van der Waals surface area contributed by atoms with E-state index in [0.29, 0.717) is 43.2 Å². The number of anilines is 1. The fraction of sp³-hybridized carbons (Fsp3) is 0.682. The number of hydrogen-bond donors (Lipinski definition) is 0. The third kappa shape index (κ3) is 15.3. The van der Waals surface area contributed by atoms with E-state index in [1.54, 1.807) is 40.0 Å². The second kappa shape index (κ2) is 14.8. The third-order valence-electron chi connectivity index (χ3n) is 4.11. The summed E-state index contributed by atoms with van der Waals surface area (Å²) in [5, 5.41) is 0. The summed E-state index contributed by atoms with van der Waals surface area (Å²) >= 11 is 0. The lowest BCUT2D eigenvalue weighted by Gasteiger charge is -2.28. The zero-order valence-electron chi connectivity index (χ0n) is 21.6. The van der Waals surface area contributed by atoms with Gasteiger partial charge in [0, 0.05) is 12.8 Å². The SMILES string of the molecule is COCCOCCOCCN(C(=O)OC(C)(C)C)c1cc(COS(C)(=O)=O)cc(COS(C)(=O)=O)c1. The Bertz CT molecular complexity index is 980. The number of methoxy groups -OCH3 is 1. The molecule has 0 heterocycles. The number of carbonyl (C=O) groups excluding carboxylic acids is 1. The van der Waals surface area contributed by atoms with Crippen molar-refractivity contribution in [1.82, 2.24) is 0 Å².